The van der Waals surface area contributed by atoms with Crippen LogP contribution in [0.5, 0.6) is 0 Å². The Balaban J connectivity index is 2.33. The van der Waals surface area contributed by atoms with Gasteiger partial charge in [-0.25, -0.2) is 8.42 Å². The van der Waals surface area contributed by atoms with Gasteiger partial charge in [0.1, 0.15) is 6.54 Å². The van der Waals surface area contributed by atoms with Crippen LogP contribution in [0.2, 0.25) is 5.02 Å². The summed E-state index contributed by atoms with van der Waals surface area (Å²) >= 11 is 5.56. The molecule has 0 saturated heterocycles. The minimum atomic E-state index is -4.76. The molecule has 0 heterocycles. The maximum atomic E-state index is 13.0. The monoisotopic (exact) mass is 420 g/mol. The van der Waals surface area contributed by atoms with Gasteiger partial charge in [0.15, 0.2) is 0 Å². The number of sulfonamides is 1. The molecule has 0 saturated carbocycles. The van der Waals surface area contributed by atoms with Gasteiger partial charge in [0.05, 0.1) is 22.5 Å². The van der Waals surface area contributed by atoms with Crippen LogP contribution in [-0.2, 0) is 21.0 Å². The molecule has 0 unspecified atom stereocenters. The first-order valence-electron chi connectivity index (χ1n) is 7.59. The SMILES string of the molecule is Cc1cccc(NC(=O)CN(c2ccc(Cl)c(C(F)(F)F)c2)S(C)(=O)=O)c1. The average molecular weight is 421 g/mol. The molecule has 5 nitrogen and oxygen atoms in total. The van der Waals surface area contributed by atoms with Crippen molar-refractivity contribution in [3.05, 3.63) is 58.6 Å². The average Bonchev–Trinajstić information content (AvgIpc) is 2.51. The Labute approximate surface area is 159 Å². The van der Waals surface area contributed by atoms with E-state index in [-0.39, 0.29) is 5.69 Å². The van der Waals surface area contributed by atoms with Gasteiger partial charge in [-0.2, -0.15) is 13.2 Å². The van der Waals surface area contributed by atoms with Gasteiger partial charge < -0.3 is 5.32 Å². The highest BCUT2D eigenvalue weighted by atomic mass is 35.5. The van der Waals surface area contributed by atoms with Crippen molar-refractivity contribution in [1.82, 2.24) is 0 Å². The number of alkyl halides is 3. The summed E-state index contributed by atoms with van der Waals surface area (Å²) in [5.74, 6) is -0.700. The Morgan fingerprint density at radius 1 is 1.19 bits per heavy atom. The third-order valence-corrected chi connectivity index (χ3v) is 5.00. The molecule has 0 atom stereocenters. The van der Waals surface area contributed by atoms with Crippen LogP contribution in [-0.4, -0.2) is 27.1 Å². The van der Waals surface area contributed by atoms with Crippen molar-refractivity contribution in [3.8, 4) is 0 Å². The number of nitrogens with zero attached hydrogens (tertiary/aromatic N) is 1. The van der Waals surface area contributed by atoms with Crippen LogP contribution in [0.4, 0.5) is 24.5 Å². The van der Waals surface area contributed by atoms with Crippen molar-refractivity contribution in [2.45, 2.75) is 13.1 Å². The number of hydrogen-bond donors (Lipinski definition) is 1. The van der Waals surface area contributed by atoms with Crippen molar-refractivity contribution in [2.75, 3.05) is 22.4 Å². The maximum Gasteiger partial charge on any atom is 0.417 e. The Morgan fingerprint density at radius 2 is 1.85 bits per heavy atom. The Bertz CT molecular complexity index is 962. The first kappa shape index (κ1) is 21.0. The van der Waals surface area contributed by atoms with E-state index in [1.54, 1.807) is 18.2 Å². The second-order valence-corrected chi connectivity index (χ2v) is 8.16. The van der Waals surface area contributed by atoms with Crippen LogP contribution >= 0.6 is 11.6 Å². The number of carbonyl (C=O) groups is 1. The number of aryl methyl sites for hydroxylation is 1. The second kappa shape index (κ2) is 7.77. The van der Waals surface area contributed by atoms with Crippen LogP contribution in [0, 0.1) is 6.92 Å². The molecule has 0 bridgehead atoms. The summed E-state index contributed by atoms with van der Waals surface area (Å²) in [5, 5.41) is 1.95. The van der Waals surface area contributed by atoms with E-state index >= 15 is 0 Å². The predicted molar refractivity (Wildman–Crippen MR) is 98.5 cm³/mol. The molecule has 0 aliphatic carbocycles. The number of hydrogen-bond acceptors (Lipinski definition) is 3. The van der Waals surface area contributed by atoms with E-state index in [4.69, 9.17) is 11.6 Å². The van der Waals surface area contributed by atoms with Crippen LogP contribution in [0.1, 0.15) is 11.1 Å². The Morgan fingerprint density at radius 3 is 2.41 bits per heavy atom. The highest BCUT2D eigenvalue weighted by Crippen LogP contribution is 2.37. The number of benzene rings is 2. The molecule has 0 aliphatic rings. The number of carbonyl (C=O) groups excluding carboxylic acids is 1. The molecule has 2 aromatic carbocycles. The lowest BCUT2D eigenvalue weighted by Crippen LogP contribution is -2.37. The smallest absolute Gasteiger partial charge is 0.325 e. The van der Waals surface area contributed by atoms with Gasteiger partial charge in [-0.05, 0) is 42.8 Å². The third-order valence-electron chi connectivity index (χ3n) is 3.53. The fourth-order valence-corrected chi connectivity index (χ4v) is 3.41. The second-order valence-electron chi connectivity index (χ2n) is 5.85. The standard InChI is InChI=1S/C17H16ClF3N2O3S/c1-11-4-3-5-12(8-11)22-16(24)10-23(27(2,25)26)13-6-7-15(18)14(9-13)17(19,20)21/h3-9H,10H2,1-2H3,(H,22,24). The highest BCUT2D eigenvalue weighted by Gasteiger charge is 2.34. The zero-order valence-corrected chi connectivity index (χ0v) is 15.9. The Hall–Kier alpha value is -2.26. The van der Waals surface area contributed by atoms with E-state index < -0.39 is 39.2 Å². The van der Waals surface area contributed by atoms with E-state index in [1.807, 2.05) is 13.0 Å². The van der Waals surface area contributed by atoms with Crippen molar-refractivity contribution in [1.29, 1.82) is 0 Å². The summed E-state index contributed by atoms with van der Waals surface area (Å²) in [6, 6.07) is 9.45. The fourth-order valence-electron chi connectivity index (χ4n) is 2.34. The number of halogens is 4. The fraction of sp³-hybridized carbons (Fsp3) is 0.235. The molecular weight excluding hydrogens is 405 g/mol. The topological polar surface area (TPSA) is 66.5 Å². The molecule has 0 aliphatic heterocycles. The van der Waals surface area contributed by atoms with Crippen LogP contribution in [0.3, 0.4) is 0 Å². The van der Waals surface area contributed by atoms with Crippen LogP contribution in [0.25, 0.3) is 0 Å². The third kappa shape index (κ3) is 5.61. The van der Waals surface area contributed by atoms with Crippen molar-refractivity contribution < 1.29 is 26.4 Å². The zero-order chi connectivity index (χ0) is 20.4. The van der Waals surface area contributed by atoms with Gasteiger partial charge in [0.25, 0.3) is 0 Å². The number of nitrogens with one attached hydrogen (secondary N) is 1. The molecule has 0 radical (unpaired) electrons. The normalized spacial score (nSPS) is 11.9. The summed E-state index contributed by atoms with van der Waals surface area (Å²) in [6.07, 6.45) is -3.96. The predicted octanol–water partition coefficient (Wildman–Crippen LogP) is 4.07. The highest BCUT2D eigenvalue weighted by molar-refractivity contribution is 7.92. The van der Waals surface area contributed by atoms with Crippen molar-refractivity contribution in [3.63, 3.8) is 0 Å². The minimum absolute atomic E-state index is 0.311. The molecule has 0 aromatic heterocycles. The minimum Gasteiger partial charge on any atom is -0.325 e. The summed E-state index contributed by atoms with van der Waals surface area (Å²) in [6.45, 7) is 1.12. The zero-order valence-electron chi connectivity index (χ0n) is 14.3. The first-order chi connectivity index (χ1) is 12.4. The summed E-state index contributed by atoms with van der Waals surface area (Å²) in [4.78, 5) is 12.2. The molecule has 10 heteroatoms. The molecule has 0 spiro atoms. The molecule has 1 amide bonds. The van der Waals surface area contributed by atoms with Gasteiger partial charge in [0.2, 0.25) is 15.9 Å². The molecule has 146 valence electrons. The van der Waals surface area contributed by atoms with E-state index in [9.17, 15) is 26.4 Å². The van der Waals surface area contributed by atoms with E-state index in [1.165, 1.54) is 0 Å². The number of anilines is 2. The van der Waals surface area contributed by atoms with Crippen molar-refractivity contribution >= 4 is 38.9 Å². The van der Waals surface area contributed by atoms with Crippen LogP contribution in [0.15, 0.2) is 42.5 Å². The lowest BCUT2D eigenvalue weighted by atomic mass is 10.2. The quantitative estimate of drug-likeness (QED) is 0.792. The molecule has 0 fully saturated rings. The van der Waals surface area contributed by atoms with Gasteiger partial charge >= 0.3 is 6.18 Å². The lowest BCUT2D eigenvalue weighted by Gasteiger charge is -2.23. The van der Waals surface area contributed by atoms with E-state index in [2.05, 4.69) is 5.32 Å². The maximum absolute atomic E-state index is 13.0. The van der Waals surface area contributed by atoms with Crippen molar-refractivity contribution in [2.24, 2.45) is 0 Å². The lowest BCUT2D eigenvalue weighted by molar-refractivity contribution is -0.137. The first-order valence-corrected chi connectivity index (χ1v) is 9.81. The molecule has 27 heavy (non-hydrogen) atoms. The van der Waals surface area contributed by atoms with Gasteiger partial charge in [-0.1, -0.05) is 23.7 Å². The Kier molecular flexibility index (Phi) is 6.06. The molecule has 2 aromatic rings. The van der Waals surface area contributed by atoms with E-state index in [0.29, 0.717) is 16.1 Å². The van der Waals surface area contributed by atoms with Crippen LogP contribution < -0.4 is 9.62 Å². The summed E-state index contributed by atoms with van der Waals surface area (Å²) < 4.78 is 63.8. The summed E-state index contributed by atoms with van der Waals surface area (Å²) in [5.41, 5.74) is -0.177. The van der Waals surface area contributed by atoms with E-state index in [0.717, 1.165) is 24.0 Å². The molecular formula is C17H16ClF3N2O3S. The summed E-state index contributed by atoms with van der Waals surface area (Å²) in [7, 11) is -4.03. The largest absolute Gasteiger partial charge is 0.417 e. The molecule has 2 rings (SSSR count). The molecule has 1 N–H and O–H groups in total. The number of amides is 1. The van der Waals surface area contributed by atoms with Gasteiger partial charge in [0, 0.05) is 5.69 Å². The van der Waals surface area contributed by atoms with Gasteiger partial charge in [-0.3, -0.25) is 9.10 Å². The van der Waals surface area contributed by atoms with Gasteiger partial charge in [-0.15, -0.1) is 0 Å². The number of rotatable bonds is 5.